The highest BCUT2D eigenvalue weighted by atomic mass is 32.2. The molecule has 1 aromatic rings. The molecular formula is C16H23NO2S3. The molecule has 122 valence electrons. The van der Waals surface area contributed by atoms with E-state index >= 15 is 0 Å². The third-order valence-electron chi connectivity index (χ3n) is 3.22. The van der Waals surface area contributed by atoms with Gasteiger partial charge in [0.05, 0.1) is 0 Å². The average molecular weight is 358 g/mol. The van der Waals surface area contributed by atoms with Gasteiger partial charge in [-0.3, -0.25) is 0 Å². The summed E-state index contributed by atoms with van der Waals surface area (Å²) in [5.74, 6) is 6.75. The van der Waals surface area contributed by atoms with Gasteiger partial charge < -0.3 is 9.64 Å². The molecule has 0 aromatic heterocycles. The molecule has 0 radical (unpaired) electrons. The standard InChI is InChI=1S/C16H23NO2S3/c18-16(19-14-15-4-2-1-3-5-15)17-6-8-20-10-12-22-13-11-21-9-7-17/h1-5H,6-14H2. The fraction of sp³-hybridized carbons (Fsp3) is 0.562. The second-order valence-corrected chi connectivity index (χ2v) is 8.54. The topological polar surface area (TPSA) is 29.5 Å². The second kappa shape index (κ2) is 11.1. The highest BCUT2D eigenvalue weighted by Gasteiger charge is 2.15. The molecule has 0 bridgehead atoms. The number of amides is 1. The molecule has 1 heterocycles. The van der Waals surface area contributed by atoms with E-state index in [1.165, 1.54) is 23.0 Å². The third-order valence-corrected chi connectivity index (χ3v) is 6.65. The number of ether oxygens (including phenoxy) is 1. The van der Waals surface area contributed by atoms with Gasteiger partial charge in [-0.2, -0.15) is 35.3 Å². The summed E-state index contributed by atoms with van der Waals surface area (Å²) in [7, 11) is 0. The van der Waals surface area contributed by atoms with Gasteiger partial charge in [0.1, 0.15) is 6.61 Å². The molecule has 0 spiro atoms. The van der Waals surface area contributed by atoms with Crippen LogP contribution in [0.2, 0.25) is 0 Å². The van der Waals surface area contributed by atoms with Crippen molar-refractivity contribution in [2.24, 2.45) is 0 Å². The molecule has 0 aliphatic carbocycles. The maximum atomic E-state index is 12.3. The first-order chi connectivity index (χ1) is 10.9. The predicted molar refractivity (Wildman–Crippen MR) is 100 cm³/mol. The smallest absolute Gasteiger partial charge is 0.410 e. The molecule has 1 aromatic carbocycles. The number of thioether (sulfide) groups is 3. The maximum absolute atomic E-state index is 12.3. The molecule has 0 unspecified atom stereocenters. The molecular weight excluding hydrogens is 334 g/mol. The second-order valence-electron chi connectivity index (χ2n) is 4.86. The zero-order valence-electron chi connectivity index (χ0n) is 12.7. The Hall–Kier alpha value is -0.460. The Bertz CT molecular complexity index is 419. The molecule has 0 N–H and O–H groups in total. The first kappa shape index (κ1) is 17.9. The summed E-state index contributed by atoms with van der Waals surface area (Å²) >= 11 is 5.89. The molecule has 3 nitrogen and oxygen atoms in total. The van der Waals surface area contributed by atoms with E-state index in [1.54, 1.807) is 0 Å². The number of hydrogen-bond donors (Lipinski definition) is 0. The molecule has 1 aliphatic heterocycles. The van der Waals surface area contributed by atoms with Crippen LogP contribution in [0.5, 0.6) is 0 Å². The van der Waals surface area contributed by atoms with Crippen molar-refractivity contribution in [3.05, 3.63) is 35.9 Å². The van der Waals surface area contributed by atoms with E-state index in [-0.39, 0.29) is 6.09 Å². The van der Waals surface area contributed by atoms with E-state index in [1.807, 2.05) is 70.5 Å². The van der Waals surface area contributed by atoms with Crippen molar-refractivity contribution in [2.45, 2.75) is 6.61 Å². The minimum atomic E-state index is -0.184. The zero-order valence-corrected chi connectivity index (χ0v) is 15.2. The van der Waals surface area contributed by atoms with Crippen LogP contribution in [-0.4, -0.2) is 58.6 Å². The highest BCUT2D eigenvalue weighted by Crippen LogP contribution is 2.13. The minimum Gasteiger partial charge on any atom is -0.445 e. The van der Waals surface area contributed by atoms with Crippen LogP contribution >= 0.6 is 35.3 Å². The van der Waals surface area contributed by atoms with Crippen molar-refractivity contribution in [1.29, 1.82) is 0 Å². The summed E-state index contributed by atoms with van der Waals surface area (Å²) in [6.45, 7) is 1.92. The van der Waals surface area contributed by atoms with Crippen molar-refractivity contribution in [3.63, 3.8) is 0 Å². The summed E-state index contributed by atoms with van der Waals surface area (Å²) in [5.41, 5.74) is 1.03. The van der Waals surface area contributed by atoms with Gasteiger partial charge in [0.2, 0.25) is 0 Å². The lowest BCUT2D eigenvalue weighted by Gasteiger charge is -2.22. The Morgan fingerprint density at radius 1 is 0.909 bits per heavy atom. The molecule has 1 amide bonds. The van der Waals surface area contributed by atoms with Crippen LogP contribution < -0.4 is 0 Å². The van der Waals surface area contributed by atoms with Gasteiger partial charge in [-0.25, -0.2) is 4.79 Å². The SMILES string of the molecule is O=C(OCc1ccccc1)N1CCSCCSCCSCC1. The molecule has 6 heteroatoms. The van der Waals surface area contributed by atoms with Gasteiger partial charge in [-0.1, -0.05) is 30.3 Å². The number of carbonyl (C=O) groups is 1. The van der Waals surface area contributed by atoms with Crippen LogP contribution in [0.15, 0.2) is 30.3 Å². The summed E-state index contributed by atoms with van der Waals surface area (Å²) in [6.07, 6.45) is -0.184. The summed E-state index contributed by atoms with van der Waals surface area (Å²) in [5, 5.41) is 0. The number of carbonyl (C=O) groups excluding carboxylic acids is 1. The number of nitrogens with zero attached hydrogens (tertiary/aromatic N) is 1. The Labute approximate surface area is 145 Å². The number of hydrogen-bond acceptors (Lipinski definition) is 5. The van der Waals surface area contributed by atoms with Gasteiger partial charge in [-0.15, -0.1) is 0 Å². The van der Waals surface area contributed by atoms with Gasteiger partial charge in [-0.05, 0) is 5.56 Å². The fourth-order valence-corrected chi connectivity index (χ4v) is 5.19. The van der Waals surface area contributed by atoms with Crippen LogP contribution in [0.1, 0.15) is 5.56 Å². The maximum Gasteiger partial charge on any atom is 0.410 e. The third kappa shape index (κ3) is 7.20. The fourth-order valence-electron chi connectivity index (χ4n) is 2.00. The highest BCUT2D eigenvalue weighted by molar-refractivity contribution is 8.04. The van der Waals surface area contributed by atoms with Gasteiger partial charge in [0.15, 0.2) is 0 Å². The van der Waals surface area contributed by atoms with Gasteiger partial charge in [0.25, 0.3) is 0 Å². The van der Waals surface area contributed by atoms with Crippen molar-refractivity contribution in [3.8, 4) is 0 Å². The Morgan fingerprint density at radius 3 is 2.05 bits per heavy atom. The normalized spacial score (nSPS) is 18.1. The van der Waals surface area contributed by atoms with Crippen LogP contribution in [-0.2, 0) is 11.3 Å². The zero-order chi connectivity index (χ0) is 15.5. The van der Waals surface area contributed by atoms with Gasteiger partial charge >= 0.3 is 6.09 Å². The molecule has 22 heavy (non-hydrogen) atoms. The first-order valence-corrected chi connectivity index (χ1v) is 11.0. The Balaban J connectivity index is 1.78. The van der Waals surface area contributed by atoms with E-state index in [9.17, 15) is 4.79 Å². The number of benzene rings is 1. The molecule has 0 saturated carbocycles. The number of rotatable bonds is 2. The Kier molecular flexibility index (Phi) is 9.05. The average Bonchev–Trinajstić information content (AvgIpc) is 2.54. The van der Waals surface area contributed by atoms with Crippen LogP contribution in [0.3, 0.4) is 0 Å². The Morgan fingerprint density at radius 2 is 1.45 bits per heavy atom. The van der Waals surface area contributed by atoms with Crippen LogP contribution in [0, 0.1) is 0 Å². The van der Waals surface area contributed by atoms with Crippen molar-refractivity contribution < 1.29 is 9.53 Å². The van der Waals surface area contributed by atoms with Crippen molar-refractivity contribution in [2.75, 3.05) is 47.6 Å². The molecule has 2 rings (SSSR count). The van der Waals surface area contributed by atoms with E-state index in [2.05, 4.69) is 0 Å². The first-order valence-electron chi connectivity index (χ1n) is 7.55. The van der Waals surface area contributed by atoms with Crippen LogP contribution in [0.25, 0.3) is 0 Å². The summed E-state index contributed by atoms with van der Waals surface area (Å²) in [6, 6.07) is 9.85. The van der Waals surface area contributed by atoms with E-state index in [0.29, 0.717) is 6.61 Å². The van der Waals surface area contributed by atoms with Crippen molar-refractivity contribution >= 4 is 41.4 Å². The van der Waals surface area contributed by atoms with Crippen LogP contribution in [0.4, 0.5) is 4.79 Å². The largest absolute Gasteiger partial charge is 0.445 e. The lowest BCUT2D eigenvalue weighted by Crippen LogP contribution is -2.35. The minimum absolute atomic E-state index is 0.184. The molecule has 0 atom stereocenters. The van der Waals surface area contributed by atoms with Crippen molar-refractivity contribution in [1.82, 2.24) is 4.90 Å². The lowest BCUT2D eigenvalue weighted by molar-refractivity contribution is 0.101. The lowest BCUT2D eigenvalue weighted by atomic mass is 10.2. The molecule has 1 aliphatic rings. The van der Waals surface area contributed by atoms with E-state index < -0.39 is 0 Å². The van der Waals surface area contributed by atoms with E-state index in [4.69, 9.17) is 4.74 Å². The summed E-state index contributed by atoms with van der Waals surface area (Å²) in [4.78, 5) is 14.1. The quantitative estimate of drug-likeness (QED) is 0.802. The van der Waals surface area contributed by atoms with Gasteiger partial charge in [0, 0.05) is 47.6 Å². The van der Waals surface area contributed by atoms with E-state index in [0.717, 1.165) is 30.2 Å². The monoisotopic (exact) mass is 357 g/mol. The summed E-state index contributed by atoms with van der Waals surface area (Å²) < 4.78 is 5.46. The molecule has 1 fully saturated rings. The molecule has 1 saturated heterocycles. The predicted octanol–water partition coefficient (Wildman–Crippen LogP) is 3.84.